The zero-order valence-corrected chi connectivity index (χ0v) is 22.9. The van der Waals surface area contributed by atoms with Crippen molar-refractivity contribution in [1.82, 2.24) is 4.90 Å². The number of benzene rings is 2. The first-order valence-electron chi connectivity index (χ1n) is 13.6. The first-order chi connectivity index (χ1) is 19.3. The van der Waals surface area contributed by atoms with Gasteiger partial charge in [-0.15, -0.1) is 0 Å². The SMILES string of the molecule is CC[C@]12C=CCOC(=O)[C@H]1[C@H]1C(=O)N([C@@H](CO)Cc3ccccc3)C3C(=O)N(c4ccc(Cl)cc4)CC=C[C@@]31O2. The summed E-state index contributed by atoms with van der Waals surface area (Å²) in [7, 11) is 0. The van der Waals surface area contributed by atoms with Crippen LogP contribution in [0, 0.1) is 11.8 Å². The van der Waals surface area contributed by atoms with Crippen molar-refractivity contribution in [1.29, 1.82) is 0 Å². The highest BCUT2D eigenvalue weighted by molar-refractivity contribution is 6.30. The molecule has 1 unspecified atom stereocenters. The fourth-order valence-electron chi connectivity index (χ4n) is 6.92. The van der Waals surface area contributed by atoms with Crippen LogP contribution in [0.4, 0.5) is 5.69 Å². The summed E-state index contributed by atoms with van der Waals surface area (Å²) < 4.78 is 12.4. The first kappa shape index (κ1) is 26.7. The lowest BCUT2D eigenvalue weighted by atomic mass is 9.73. The van der Waals surface area contributed by atoms with Gasteiger partial charge in [-0.1, -0.05) is 67.1 Å². The minimum absolute atomic E-state index is 0.0912. The second-order valence-corrected chi connectivity index (χ2v) is 11.2. The summed E-state index contributed by atoms with van der Waals surface area (Å²) in [6.45, 7) is 1.86. The van der Waals surface area contributed by atoms with Crippen molar-refractivity contribution in [3.8, 4) is 0 Å². The molecule has 1 N–H and O–H groups in total. The number of rotatable bonds is 6. The van der Waals surface area contributed by atoms with Crippen molar-refractivity contribution >= 4 is 35.1 Å². The molecule has 2 saturated heterocycles. The van der Waals surface area contributed by atoms with Crippen LogP contribution in [0.15, 0.2) is 78.9 Å². The Morgan fingerprint density at radius 2 is 1.75 bits per heavy atom. The lowest BCUT2D eigenvalue weighted by Crippen LogP contribution is -2.59. The molecular weight excluding hydrogens is 532 g/mol. The molecule has 0 saturated carbocycles. The third kappa shape index (κ3) is 4.00. The van der Waals surface area contributed by atoms with E-state index in [1.54, 1.807) is 41.3 Å². The smallest absolute Gasteiger partial charge is 0.313 e. The Morgan fingerprint density at radius 1 is 1.00 bits per heavy atom. The van der Waals surface area contributed by atoms with Crippen molar-refractivity contribution in [3.63, 3.8) is 0 Å². The molecule has 2 amide bonds. The molecule has 0 bridgehead atoms. The average Bonchev–Trinajstić information content (AvgIpc) is 3.25. The Labute approximate surface area is 237 Å². The molecule has 6 rings (SSSR count). The molecule has 40 heavy (non-hydrogen) atoms. The maximum absolute atomic E-state index is 14.6. The third-order valence-electron chi connectivity index (χ3n) is 8.69. The highest BCUT2D eigenvalue weighted by atomic mass is 35.5. The van der Waals surface area contributed by atoms with E-state index in [1.807, 2.05) is 49.4 Å². The second kappa shape index (κ2) is 10.2. The van der Waals surface area contributed by atoms with Crippen LogP contribution in [0.3, 0.4) is 0 Å². The van der Waals surface area contributed by atoms with Crippen LogP contribution in [0.25, 0.3) is 0 Å². The lowest BCUT2D eigenvalue weighted by molar-refractivity contribution is -0.159. The molecule has 9 heteroatoms. The molecule has 4 aliphatic heterocycles. The summed E-state index contributed by atoms with van der Waals surface area (Å²) in [5.41, 5.74) is -1.01. The van der Waals surface area contributed by atoms with Crippen LogP contribution in [-0.4, -0.2) is 70.8 Å². The normalized spacial score (nSPS) is 31.8. The van der Waals surface area contributed by atoms with E-state index < -0.39 is 47.0 Å². The summed E-state index contributed by atoms with van der Waals surface area (Å²) in [5.74, 6) is -3.21. The summed E-state index contributed by atoms with van der Waals surface area (Å²) >= 11 is 6.12. The molecule has 8 nitrogen and oxygen atoms in total. The van der Waals surface area contributed by atoms with E-state index in [4.69, 9.17) is 21.1 Å². The molecule has 4 heterocycles. The van der Waals surface area contributed by atoms with Gasteiger partial charge < -0.3 is 24.4 Å². The molecule has 1 spiro atoms. The van der Waals surface area contributed by atoms with Gasteiger partial charge in [0.25, 0.3) is 5.91 Å². The number of hydrogen-bond acceptors (Lipinski definition) is 6. The molecule has 2 aromatic carbocycles. The maximum Gasteiger partial charge on any atom is 0.313 e. The standard InChI is InChI=1S/C31H31ClN2O6/c1-2-30-14-7-17-39-29(38)25(30)24-27(36)34(23(19-35)18-20-8-4-3-5-9-20)26-28(37)33(16-6-15-31(24,26)40-30)22-12-10-21(32)11-13-22/h3-15,23-26,35H,2,16-19H2,1H3/t23-,24+,25-,26?,30+,31+/m1/s1. The van der Waals surface area contributed by atoms with Gasteiger partial charge in [0.2, 0.25) is 5.91 Å². The largest absolute Gasteiger partial charge is 0.461 e. The summed E-state index contributed by atoms with van der Waals surface area (Å²) in [6.07, 6.45) is 7.91. The monoisotopic (exact) mass is 562 g/mol. The third-order valence-corrected chi connectivity index (χ3v) is 8.94. The molecule has 0 radical (unpaired) electrons. The predicted molar refractivity (Wildman–Crippen MR) is 149 cm³/mol. The van der Waals surface area contributed by atoms with Crippen LogP contribution in [0.1, 0.15) is 18.9 Å². The van der Waals surface area contributed by atoms with Gasteiger partial charge in [0.15, 0.2) is 0 Å². The van der Waals surface area contributed by atoms with E-state index in [0.29, 0.717) is 23.6 Å². The lowest BCUT2D eigenvalue weighted by Gasteiger charge is -2.40. The van der Waals surface area contributed by atoms with Crippen molar-refractivity contribution in [3.05, 3.63) is 89.5 Å². The number of esters is 1. The summed E-state index contributed by atoms with van der Waals surface area (Å²) in [6, 6.07) is 14.6. The number of aliphatic hydroxyl groups excluding tert-OH is 1. The number of halogens is 1. The Balaban J connectivity index is 1.51. The van der Waals surface area contributed by atoms with E-state index in [-0.39, 0.29) is 25.7 Å². The fourth-order valence-corrected chi connectivity index (χ4v) is 7.04. The van der Waals surface area contributed by atoms with Crippen molar-refractivity contribution in [2.24, 2.45) is 11.8 Å². The predicted octanol–water partition coefficient (Wildman–Crippen LogP) is 3.32. The molecule has 2 aromatic rings. The van der Waals surface area contributed by atoms with Gasteiger partial charge in [-0.3, -0.25) is 14.4 Å². The van der Waals surface area contributed by atoms with Crippen molar-refractivity contribution in [2.75, 3.05) is 24.7 Å². The highest BCUT2D eigenvalue weighted by Gasteiger charge is 2.76. The Morgan fingerprint density at radius 3 is 2.45 bits per heavy atom. The van der Waals surface area contributed by atoms with Crippen LogP contribution in [0.2, 0.25) is 5.02 Å². The van der Waals surface area contributed by atoms with Crippen LogP contribution in [-0.2, 0) is 30.3 Å². The number of carbonyl (C=O) groups excluding carboxylic acids is 3. The van der Waals surface area contributed by atoms with E-state index in [2.05, 4.69) is 0 Å². The average molecular weight is 563 g/mol. The van der Waals surface area contributed by atoms with Crippen LogP contribution >= 0.6 is 11.6 Å². The topological polar surface area (TPSA) is 96.4 Å². The molecule has 208 valence electrons. The van der Waals surface area contributed by atoms with E-state index in [0.717, 1.165) is 5.56 Å². The van der Waals surface area contributed by atoms with E-state index >= 15 is 0 Å². The van der Waals surface area contributed by atoms with Crippen molar-refractivity contribution < 1.29 is 29.0 Å². The van der Waals surface area contributed by atoms with E-state index in [1.165, 1.54) is 4.90 Å². The summed E-state index contributed by atoms with van der Waals surface area (Å²) in [5, 5.41) is 11.2. The zero-order chi connectivity index (χ0) is 28.1. The molecule has 6 atom stereocenters. The molecular formula is C31H31ClN2O6. The number of nitrogens with zero attached hydrogens (tertiary/aromatic N) is 2. The van der Waals surface area contributed by atoms with Crippen LogP contribution in [0.5, 0.6) is 0 Å². The number of cyclic esters (lactones) is 1. The number of hydrogen-bond donors (Lipinski definition) is 1. The fraction of sp³-hybridized carbons (Fsp3) is 0.387. The maximum atomic E-state index is 14.6. The number of amides is 2. The number of aliphatic hydroxyl groups is 1. The van der Waals surface area contributed by atoms with Gasteiger partial charge in [-0.05, 0) is 48.7 Å². The molecule has 0 aromatic heterocycles. The van der Waals surface area contributed by atoms with Crippen LogP contribution < -0.4 is 4.90 Å². The zero-order valence-electron chi connectivity index (χ0n) is 22.1. The number of carbonyl (C=O) groups is 3. The van der Waals surface area contributed by atoms with Gasteiger partial charge in [-0.25, -0.2) is 0 Å². The van der Waals surface area contributed by atoms with E-state index in [9.17, 15) is 19.5 Å². The Bertz CT molecular complexity index is 1380. The van der Waals surface area contributed by atoms with Gasteiger partial charge in [0.1, 0.15) is 29.8 Å². The first-order valence-corrected chi connectivity index (χ1v) is 14.0. The summed E-state index contributed by atoms with van der Waals surface area (Å²) in [4.78, 5) is 45.6. The van der Waals surface area contributed by atoms with Gasteiger partial charge in [0, 0.05) is 17.3 Å². The number of likely N-dealkylation sites (tertiary alicyclic amines) is 1. The minimum Gasteiger partial charge on any atom is -0.461 e. The molecule has 2 fully saturated rings. The Kier molecular flexibility index (Phi) is 6.81. The molecule has 0 aliphatic carbocycles. The minimum atomic E-state index is -1.43. The van der Waals surface area contributed by atoms with Gasteiger partial charge >= 0.3 is 5.97 Å². The second-order valence-electron chi connectivity index (χ2n) is 10.8. The highest BCUT2D eigenvalue weighted by Crippen LogP contribution is 2.59. The van der Waals surface area contributed by atoms with Gasteiger partial charge in [-0.2, -0.15) is 0 Å². The number of anilines is 1. The molecule has 4 aliphatic rings. The Hall–Kier alpha value is -3.46. The number of fused-ring (bicyclic) bond motifs is 2. The van der Waals surface area contributed by atoms with Crippen molar-refractivity contribution in [2.45, 2.75) is 43.1 Å². The number of ether oxygens (including phenoxy) is 2. The van der Waals surface area contributed by atoms with Gasteiger partial charge in [0.05, 0.1) is 18.6 Å². The quantitative estimate of drug-likeness (QED) is 0.429.